The Balaban J connectivity index is 2.02. The van der Waals surface area contributed by atoms with Crippen LogP contribution in [0.25, 0.3) is 0 Å². The summed E-state index contributed by atoms with van der Waals surface area (Å²) in [5, 5.41) is 8.74. The molecule has 0 bridgehead atoms. The van der Waals surface area contributed by atoms with Gasteiger partial charge in [0.25, 0.3) is 0 Å². The number of carboxylic acids is 1. The number of aliphatic carboxylic acids is 1. The fraction of sp³-hybridized carbons (Fsp3) is 0.643. The number of fused-ring (bicyclic) bond motifs is 1. The second-order valence-electron chi connectivity index (χ2n) is 6.11. The number of aromatic nitrogens is 2. The summed E-state index contributed by atoms with van der Waals surface area (Å²) in [4.78, 5) is 28.6. The summed E-state index contributed by atoms with van der Waals surface area (Å²) in [6, 6.07) is 0. The van der Waals surface area contributed by atoms with E-state index in [2.05, 4.69) is 4.98 Å². The standard InChI is InChI=1S/C14H21N3O4/c1-14(2,3)21-13(20)16-6-7-17-10(4-5-12(18)19)8-15-11(17)9-16/h8H,4-7,9H2,1-3H3,(H,18,19). The molecule has 0 spiro atoms. The monoisotopic (exact) mass is 295 g/mol. The van der Waals surface area contributed by atoms with Gasteiger partial charge in [-0.1, -0.05) is 0 Å². The van der Waals surface area contributed by atoms with Crippen molar-refractivity contribution >= 4 is 12.1 Å². The molecule has 0 aromatic carbocycles. The van der Waals surface area contributed by atoms with Crippen molar-refractivity contribution in [3.8, 4) is 0 Å². The molecule has 0 radical (unpaired) electrons. The first kappa shape index (κ1) is 15.3. The maximum absolute atomic E-state index is 12.0. The minimum absolute atomic E-state index is 0.0842. The fourth-order valence-electron chi connectivity index (χ4n) is 2.24. The summed E-state index contributed by atoms with van der Waals surface area (Å²) >= 11 is 0. The summed E-state index contributed by atoms with van der Waals surface area (Å²) in [5.74, 6) is -0.0516. The van der Waals surface area contributed by atoms with Gasteiger partial charge in [-0.25, -0.2) is 9.78 Å². The number of rotatable bonds is 3. The molecule has 1 aliphatic heterocycles. The van der Waals surface area contributed by atoms with Crippen LogP contribution in [0.1, 0.15) is 38.7 Å². The number of hydrogen-bond donors (Lipinski definition) is 1. The molecule has 0 fully saturated rings. The highest BCUT2D eigenvalue weighted by molar-refractivity contribution is 5.68. The van der Waals surface area contributed by atoms with E-state index >= 15 is 0 Å². The number of aryl methyl sites for hydroxylation is 1. The van der Waals surface area contributed by atoms with E-state index in [0.29, 0.717) is 26.1 Å². The second-order valence-corrected chi connectivity index (χ2v) is 6.11. The smallest absolute Gasteiger partial charge is 0.410 e. The van der Waals surface area contributed by atoms with Crippen LogP contribution in [0.3, 0.4) is 0 Å². The van der Waals surface area contributed by atoms with Gasteiger partial charge >= 0.3 is 12.1 Å². The maximum Gasteiger partial charge on any atom is 0.410 e. The van der Waals surface area contributed by atoms with E-state index in [9.17, 15) is 9.59 Å². The largest absolute Gasteiger partial charge is 0.481 e. The Bertz CT molecular complexity index is 545. The molecule has 0 unspecified atom stereocenters. The average Bonchev–Trinajstić information content (AvgIpc) is 2.76. The van der Waals surface area contributed by atoms with Crippen LogP contribution >= 0.6 is 0 Å². The van der Waals surface area contributed by atoms with Gasteiger partial charge in [0.1, 0.15) is 11.4 Å². The number of carbonyl (C=O) groups excluding carboxylic acids is 1. The van der Waals surface area contributed by atoms with Gasteiger partial charge < -0.3 is 14.4 Å². The van der Waals surface area contributed by atoms with Crippen molar-refractivity contribution in [3.63, 3.8) is 0 Å². The van der Waals surface area contributed by atoms with Gasteiger partial charge in [-0.3, -0.25) is 9.69 Å². The Kier molecular flexibility index (Phi) is 4.20. The van der Waals surface area contributed by atoms with E-state index in [4.69, 9.17) is 9.84 Å². The first-order chi connectivity index (χ1) is 9.76. The van der Waals surface area contributed by atoms with E-state index < -0.39 is 11.6 Å². The number of amides is 1. The van der Waals surface area contributed by atoms with E-state index in [1.54, 1.807) is 11.1 Å². The third-order valence-electron chi connectivity index (χ3n) is 3.19. The normalized spacial score (nSPS) is 14.7. The Hall–Kier alpha value is -2.05. The van der Waals surface area contributed by atoms with E-state index in [-0.39, 0.29) is 12.5 Å². The zero-order valence-electron chi connectivity index (χ0n) is 12.6. The van der Waals surface area contributed by atoms with Gasteiger partial charge in [0.2, 0.25) is 0 Å². The van der Waals surface area contributed by atoms with Gasteiger partial charge in [-0.15, -0.1) is 0 Å². The molecular weight excluding hydrogens is 274 g/mol. The molecule has 1 aromatic rings. The van der Waals surface area contributed by atoms with Crippen LogP contribution in [-0.2, 0) is 29.0 Å². The highest BCUT2D eigenvalue weighted by Crippen LogP contribution is 2.18. The van der Waals surface area contributed by atoms with E-state index in [1.807, 2.05) is 25.3 Å². The molecule has 0 saturated heterocycles. The van der Waals surface area contributed by atoms with Crippen molar-refractivity contribution in [3.05, 3.63) is 17.7 Å². The third-order valence-corrected chi connectivity index (χ3v) is 3.19. The third kappa shape index (κ3) is 3.96. The topological polar surface area (TPSA) is 84.7 Å². The van der Waals surface area contributed by atoms with Crippen molar-refractivity contribution in [2.45, 2.75) is 52.3 Å². The van der Waals surface area contributed by atoms with Crippen molar-refractivity contribution in [2.24, 2.45) is 0 Å². The average molecular weight is 295 g/mol. The Morgan fingerprint density at radius 3 is 2.71 bits per heavy atom. The quantitative estimate of drug-likeness (QED) is 0.916. The molecule has 116 valence electrons. The number of carboxylic acid groups (broad SMARTS) is 1. The Morgan fingerprint density at radius 1 is 1.38 bits per heavy atom. The maximum atomic E-state index is 12.0. The zero-order chi connectivity index (χ0) is 15.6. The minimum atomic E-state index is -0.822. The molecule has 0 atom stereocenters. The molecule has 0 saturated carbocycles. The van der Waals surface area contributed by atoms with Gasteiger partial charge in [0, 0.05) is 25.0 Å². The van der Waals surface area contributed by atoms with Crippen LogP contribution in [0.5, 0.6) is 0 Å². The zero-order valence-corrected chi connectivity index (χ0v) is 12.6. The Labute approximate surface area is 123 Å². The van der Waals surface area contributed by atoms with Crippen LogP contribution in [0.15, 0.2) is 6.20 Å². The number of hydrogen-bond acceptors (Lipinski definition) is 4. The molecule has 7 nitrogen and oxygen atoms in total. The molecule has 7 heteroatoms. The van der Waals surface area contributed by atoms with E-state index in [0.717, 1.165) is 11.5 Å². The molecule has 1 amide bonds. The van der Waals surface area contributed by atoms with Crippen LogP contribution in [0.2, 0.25) is 0 Å². The number of carbonyl (C=O) groups is 2. The van der Waals surface area contributed by atoms with Crippen molar-refractivity contribution < 1.29 is 19.4 Å². The highest BCUT2D eigenvalue weighted by atomic mass is 16.6. The SMILES string of the molecule is CC(C)(C)OC(=O)N1CCn2c(CCC(=O)O)cnc2C1. The first-order valence-corrected chi connectivity index (χ1v) is 6.99. The summed E-state index contributed by atoms with van der Waals surface area (Å²) in [6.07, 6.45) is 1.89. The van der Waals surface area contributed by atoms with Crippen molar-refractivity contribution in [1.82, 2.24) is 14.5 Å². The van der Waals surface area contributed by atoms with Crippen molar-refractivity contribution in [1.29, 1.82) is 0 Å². The van der Waals surface area contributed by atoms with Gasteiger partial charge in [0.05, 0.1) is 13.0 Å². The molecule has 1 N–H and O–H groups in total. The molecular formula is C14H21N3O4. The van der Waals surface area contributed by atoms with Gasteiger partial charge in [-0.2, -0.15) is 0 Å². The van der Waals surface area contributed by atoms with E-state index in [1.165, 1.54) is 0 Å². The molecule has 2 rings (SSSR count). The van der Waals surface area contributed by atoms with Crippen LogP contribution < -0.4 is 0 Å². The molecule has 0 aliphatic carbocycles. The van der Waals surface area contributed by atoms with Crippen LogP contribution in [0.4, 0.5) is 4.79 Å². The van der Waals surface area contributed by atoms with Gasteiger partial charge in [0.15, 0.2) is 0 Å². The molecule has 1 aliphatic rings. The molecule has 21 heavy (non-hydrogen) atoms. The highest BCUT2D eigenvalue weighted by Gasteiger charge is 2.27. The van der Waals surface area contributed by atoms with Crippen LogP contribution in [-0.4, -0.2) is 43.8 Å². The van der Waals surface area contributed by atoms with Gasteiger partial charge in [-0.05, 0) is 27.2 Å². The summed E-state index contributed by atoms with van der Waals surface area (Å²) in [7, 11) is 0. The number of imidazole rings is 1. The van der Waals surface area contributed by atoms with Crippen LogP contribution in [0, 0.1) is 0 Å². The summed E-state index contributed by atoms with van der Waals surface area (Å²) < 4.78 is 7.34. The predicted molar refractivity (Wildman–Crippen MR) is 74.8 cm³/mol. The lowest BCUT2D eigenvalue weighted by molar-refractivity contribution is -0.137. The predicted octanol–water partition coefficient (Wildman–Crippen LogP) is 1.65. The lowest BCUT2D eigenvalue weighted by atomic mass is 10.2. The molecule has 2 heterocycles. The van der Waals surface area contributed by atoms with Crippen molar-refractivity contribution in [2.75, 3.05) is 6.54 Å². The number of ether oxygens (including phenoxy) is 1. The lowest BCUT2D eigenvalue weighted by Crippen LogP contribution is -2.41. The summed E-state index contributed by atoms with van der Waals surface area (Å²) in [6.45, 7) is 7.04. The second kappa shape index (κ2) is 5.75. The summed E-state index contributed by atoms with van der Waals surface area (Å²) in [5.41, 5.74) is 0.382. The fourth-order valence-corrected chi connectivity index (χ4v) is 2.24. The number of nitrogens with zero attached hydrogens (tertiary/aromatic N) is 3. The lowest BCUT2D eigenvalue weighted by Gasteiger charge is -2.30. The Morgan fingerprint density at radius 2 is 2.10 bits per heavy atom. The molecule has 1 aromatic heterocycles. The first-order valence-electron chi connectivity index (χ1n) is 6.99. The minimum Gasteiger partial charge on any atom is -0.481 e.